The molecule has 0 aromatic heterocycles. The van der Waals surface area contributed by atoms with E-state index in [1.807, 2.05) is 17.0 Å². The largest absolute Gasteiger partial charge is 0.323 e. The van der Waals surface area contributed by atoms with Crippen LogP contribution >= 0.6 is 0 Å². The molecule has 1 saturated heterocycles. The van der Waals surface area contributed by atoms with Gasteiger partial charge >= 0.3 is 0 Å². The smallest absolute Gasteiger partial charge is 0.278 e. The molecule has 1 aromatic carbocycles. The van der Waals surface area contributed by atoms with E-state index in [2.05, 4.69) is 0 Å². The summed E-state index contributed by atoms with van der Waals surface area (Å²) < 4.78 is 0. The summed E-state index contributed by atoms with van der Waals surface area (Å²) in [7, 11) is 0. The monoisotopic (exact) mass is 317 g/mol. The highest BCUT2D eigenvalue weighted by atomic mass is 16.6. The normalized spacial score (nSPS) is 36.3. The van der Waals surface area contributed by atoms with Gasteiger partial charge in [-0.15, -0.1) is 0 Å². The van der Waals surface area contributed by atoms with Crippen molar-refractivity contribution in [3.63, 3.8) is 0 Å². The van der Waals surface area contributed by atoms with Crippen LogP contribution in [0.25, 0.3) is 0 Å². The molecule has 3 aliphatic rings. The lowest BCUT2D eigenvalue weighted by atomic mass is 9.93. The number of piperazine rings is 1. The molecule has 0 spiro atoms. The Labute approximate surface area is 137 Å². The van der Waals surface area contributed by atoms with E-state index in [4.69, 9.17) is 0 Å². The summed E-state index contributed by atoms with van der Waals surface area (Å²) in [6.45, 7) is 5.57. The number of fused-ring (bicyclic) bond motifs is 2. The number of nitrogens with zero attached hydrogens (tertiary/aromatic N) is 1. The molecule has 0 amide bonds. The van der Waals surface area contributed by atoms with Crippen LogP contribution in [0.5, 0.6) is 0 Å². The highest BCUT2D eigenvalue weighted by molar-refractivity contribution is 5.39. The number of quaternary nitrogens is 2. The van der Waals surface area contributed by atoms with Crippen LogP contribution in [-0.4, -0.2) is 37.1 Å². The second kappa shape index (κ2) is 6.21. The Morgan fingerprint density at radius 3 is 2.52 bits per heavy atom. The second-order valence-corrected chi connectivity index (χ2v) is 7.75. The first-order valence-corrected chi connectivity index (χ1v) is 9.11. The van der Waals surface area contributed by atoms with Gasteiger partial charge in [-0.3, -0.25) is 10.1 Å². The zero-order chi connectivity index (χ0) is 15.8. The van der Waals surface area contributed by atoms with Crippen LogP contribution in [0.15, 0.2) is 24.3 Å². The first kappa shape index (κ1) is 15.1. The van der Waals surface area contributed by atoms with Gasteiger partial charge in [-0.2, -0.15) is 0 Å². The highest BCUT2D eigenvalue weighted by Gasteiger charge is 2.46. The summed E-state index contributed by atoms with van der Waals surface area (Å²) in [5.41, 5.74) is 1.17. The zero-order valence-corrected chi connectivity index (χ0v) is 13.7. The van der Waals surface area contributed by atoms with E-state index in [-0.39, 0.29) is 10.6 Å². The fourth-order valence-corrected chi connectivity index (χ4v) is 5.32. The third kappa shape index (κ3) is 3.00. The molecular formula is C18H27N3O2+2. The standard InChI is InChI=1S/C18H25N3O2/c22-21(23)17-4-2-1-3-16(17)13-19-7-9-20(10-8-19)18-12-14-5-6-15(18)11-14/h1-4,14-15,18H,5-13H2/p+2/t14-,15+,18-/m0/s1. The van der Waals surface area contributed by atoms with E-state index in [1.165, 1.54) is 43.7 Å². The maximum Gasteiger partial charge on any atom is 0.278 e. The first-order chi connectivity index (χ1) is 11.2. The summed E-state index contributed by atoms with van der Waals surface area (Å²) in [6, 6.07) is 8.14. The maximum atomic E-state index is 11.2. The fraction of sp³-hybridized carbons (Fsp3) is 0.667. The lowest BCUT2D eigenvalue weighted by molar-refractivity contribution is -1.03. The van der Waals surface area contributed by atoms with Crippen LogP contribution < -0.4 is 9.80 Å². The predicted octanol–water partition coefficient (Wildman–Crippen LogP) is 0.0668. The minimum Gasteiger partial charge on any atom is -0.323 e. The van der Waals surface area contributed by atoms with E-state index in [9.17, 15) is 10.1 Å². The zero-order valence-electron chi connectivity index (χ0n) is 13.7. The molecule has 5 heteroatoms. The Bertz CT molecular complexity index is 583. The van der Waals surface area contributed by atoms with Crippen molar-refractivity contribution in [2.75, 3.05) is 26.2 Å². The van der Waals surface area contributed by atoms with Crippen LogP contribution in [0.3, 0.4) is 0 Å². The Morgan fingerprint density at radius 2 is 1.87 bits per heavy atom. The van der Waals surface area contributed by atoms with Crippen molar-refractivity contribution in [2.24, 2.45) is 11.8 Å². The molecule has 2 N–H and O–H groups in total. The number of rotatable bonds is 4. The molecule has 3 fully saturated rings. The van der Waals surface area contributed by atoms with E-state index in [0.717, 1.165) is 43.1 Å². The van der Waals surface area contributed by atoms with Gasteiger partial charge in [0.15, 0.2) is 0 Å². The number of nitro groups is 1. The van der Waals surface area contributed by atoms with E-state index < -0.39 is 0 Å². The highest BCUT2D eigenvalue weighted by Crippen LogP contribution is 2.43. The molecule has 4 rings (SSSR count). The third-order valence-electron chi connectivity index (χ3n) is 6.49. The Kier molecular flexibility index (Phi) is 4.07. The number of benzene rings is 1. The summed E-state index contributed by atoms with van der Waals surface area (Å²) in [5.74, 6) is 2.02. The van der Waals surface area contributed by atoms with Gasteiger partial charge in [0.2, 0.25) is 0 Å². The van der Waals surface area contributed by atoms with Gasteiger partial charge in [-0.25, -0.2) is 0 Å². The van der Waals surface area contributed by atoms with Gasteiger partial charge in [-0.05, 0) is 31.2 Å². The lowest BCUT2D eigenvalue weighted by Crippen LogP contribution is -3.29. The molecular weight excluding hydrogens is 290 g/mol. The molecule has 23 heavy (non-hydrogen) atoms. The first-order valence-electron chi connectivity index (χ1n) is 9.11. The number of hydrogen-bond acceptors (Lipinski definition) is 2. The number of hydrogen-bond donors (Lipinski definition) is 2. The molecule has 5 nitrogen and oxygen atoms in total. The fourth-order valence-electron chi connectivity index (χ4n) is 5.32. The topological polar surface area (TPSA) is 52.0 Å². The van der Waals surface area contributed by atoms with Gasteiger partial charge in [-0.1, -0.05) is 12.1 Å². The molecule has 124 valence electrons. The van der Waals surface area contributed by atoms with Crippen LogP contribution in [0.1, 0.15) is 31.2 Å². The number of nitrogens with one attached hydrogen (secondary N) is 2. The van der Waals surface area contributed by atoms with Gasteiger partial charge in [0, 0.05) is 18.4 Å². The SMILES string of the molecule is O=[N+]([O-])c1ccccc1C[NH+]1CC[NH+]([C@H]2C[C@H]3CC[C@@H]2C3)CC1. The van der Waals surface area contributed by atoms with Crippen molar-refractivity contribution in [2.45, 2.75) is 38.3 Å². The lowest BCUT2D eigenvalue weighted by Gasteiger charge is -2.36. The Morgan fingerprint density at radius 1 is 1.09 bits per heavy atom. The van der Waals surface area contributed by atoms with Gasteiger partial charge in [0.1, 0.15) is 32.7 Å². The van der Waals surface area contributed by atoms with Crippen molar-refractivity contribution in [1.29, 1.82) is 0 Å². The van der Waals surface area contributed by atoms with E-state index in [0.29, 0.717) is 0 Å². The molecule has 1 heterocycles. The summed E-state index contributed by atoms with van der Waals surface area (Å²) in [5, 5.41) is 11.2. The summed E-state index contributed by atoms with van der Waals surface area (Å²) in [6.07, 6.45) is 5.88. The van der Waals surface area contributed by atoms with Gasteiger partial charge < -0.3 is 9.80 Å². The Balaban J connectivity index is 1.34. The predicted molar refractivity (Wildman–Crippen MR) is 87.4 cm³/mol. The quantitative estimate of drug-likeness (QED) is 0.610. The summed E-state index contributed by atoms with van der Waals surface area (Å²) in [4.78, 5) is 14.2. The molecule has 0 unspecified atom stereocenters. The molecule has 2 aliphatic carbocycles. The molecule has 2 saturated carbocycles. The Hall–Kier alpha value is -1.46. The molecule has 3 atom stereocenters. The van der Waals surface area contributed by atoms with Crippen LogP contribution in [-0.2, 0) is 6.54 Å². The molecule has 2 bridgehead atoms. The van der Waals surface area contributed by atoms with Crippen molar-refractivity contribution in [1.82, 2.24) is 0 Å². The molecule has 1 aliphatic heterocycles. The number of para-hydroxylation sites is 1. The minimum absolute atomic E-state index is 0.245. The van der Waals surface area contributed by atoms with Crippen molar-refractivity contribution < 1.29 is 14.7 Å². The van der Waals surface area contributed by atoms with Crippen molar-refractivity contribution in [3.05, 3.63) is 39.9 Å². The molecule has 1 aromatic rings. The molecule has 0 radical (unpaired) electrons. The average molecular weight is 317 g/mol. The van der Waals surface area contributed by atoms with Crippen LogP contribution in [0.4, 0.5) is 5.69 Å². The minimum atomic E-state index is -0.245. The van der Waals surface area contributed by atoms with Crippen molar-refractivity contribution in [3.8, 4) is 0 Å². The third-order valence-corrected chi connectivity index (χ3v) is 6.49. The van der Waals surface area contributed by atoms with Crippen molar-refractivity contribution >= 4 is 5.69 Å². The van der Waals surface area contributed by atoms with E-state index >= 15 is 0 Å². The second-order valence-electron chi connectivity index (χ2n) is 7.75. The average Bonchev–Trinajstić information content (AvgIpc) is 3.19. The van der Waals surface area contributed by atoms with Gasteiger partial charge in [0.25, 0.3) is 5.69 Å². The van der Waals surface area contributed by atoms with E-state index in [1.54, 1.807) is 12.1 Å². The summed E-state index contributed by atoms with van der Waals surface area (Å²) >= 11 is 0. The van der Waals surface area contributed by atoms with Crippen LogP contribution in [0.2, 0.25) is 0 Å². The van der Waals surface area contributed by atoms with Gasteiger partial charge in [0.05, 0.1) is 16.5 Å². The maximum absolute atomic E-state index is 11.2. The van der Waals surface area contributed by atoms with Crippen LogP contribution in [0, 0.1) is 22.0 Å². The number of nitro benzene ring substituents is 1.